The van der Waals surface area contributed by atoms with Gasteiger partial charge in [-0.05, 0) is 92.3 Å². The Labute approximate surface area is 368 Å². The SMILES string of the molecule is C#Cc1cccc(Nc2nc3cc(C(=O)O)ccc3c3cnc(CCC4CC4)nc23)c1.C#Cc1cccc(Nc2nc3cc(C(=O)O)ccc3c3cnc(CCC4CCCO4)nc23)c1. The summed E-state index contributed by atoms with van der Waals surface area (Å²) in [5.41, 5.74) is 5.91. The molecule has 13 heteroatoms. The number of hydrogen-bond acceptors (Lipinski definition) is 11. The predicted molar refractivity (Wildman–Crippen MR) is 247 cm³/mol. The van der Waals surface area contributed by atoms with Crippen LogP contribution >= 0.6 is 0 Å². The summed E-state index contributed by atoms with van der Waals surface area (Å²) in [6.07, 6.45) is 23.2. The average molecular weight is 847 g/mol. The lowest BCUT2D eigenvalue weighted by molar-refractivity contribution is 0.0686. The zero-order chi connectivity index (χ0) is 44.2. The van der Waals surface area contributed by atoms with E-state index in [4.69, 9.17) is 37.5 Å². The molecule has 0 bridgehead atoms. The fourth-order valence-electron chi connectivity index (χ4n) is 7.87. The number of aryl methyl sites for hydroxylation is 2. The Balaban J connectivity index is 0.000000162. The minimum Gasteiger partial charge on any atom is -0.478 e. The maximum atomic E-state index is 11.5. The van der Waals surface area contributed by atoms with Crippen LogP contribution in [0.3, 0.4) is 0 Å². The van der Waals surface area contributed by atoms with E-state index in [9.17, 15) is 19.8 Å². The van der Waals surface area contributed by atoms with Gasteiger partial charge in [0, 0.05) is 75.9 Å². The van der Waals surface area contributed by atoms with E-state index in [1.54, 1.807) is 42.6 Å². The number of pyridine rings is 2. The lowest BCUT2D eigenvalue weighted by Gasteiger charge is -2.13. The number of benzene rings is 4. The lowest BCUT2D eigenvalue weighted by atomic mass is 10.1. The number of carboxylic acids is 2. The molecule has 1 saturated heterocycles. The molecule has 1 atom stereocenters. The van der Waals surface area contributed by atoms with Crippen LogP contribution in [-0.2, 0) is 17.6 Å². The second kappa shape index (κ2) is 18.2. The highest BCUT2D eigenvalue weighted by Crippen LogP contribution is 2.35. The van der Waals surface area contributed by atoms with Crippen molar-refractivity contribution in [1.29, 1.82) is 0 Å². The van der Waals surface area contributed by atoms with Gasteiger partial charge in [-0.25, -0.2) is 39.5 Å². The van der Waals surface area contributed by atoms with E-state index in [-0.39, 0.29) is 17.2 Å². The van der Waals surface area contributed by atoms with Gasteiger partial charge in [0.25, 0.3) is 0 Å². The summed E-state index contributed by atoms with van der Waals surface area (Å²) in [5.74, 6) is 6.65. The van der Waals surface area contributed by atoms with E-state index in [0.717, 1.165) is 100 Å². The van der Waals surface area contributed by atoms with Gasteiger partial charge in [0.15, 0.2) is 11.6 Å². The number of hydrogen-bond donors (Lipinski definition) is 4. The lowest BCUT2D eigenvalue weighted by Crippen LogP contribution is -2.08. The molecular formula is C51H42N8O5. The average Bonchev–Trinajstić information content (AvgIpc) is 4.01. The first-order chi connectivity index (χ1) is 31.2. The number of nitrogens with zero attached hydrogens (tertiary/aromatic N) is 6. The van der Waals surface area contributed by atoms with Crippen LogP contribution in [0.5, 0.6) is 0 Å². The zero-order valence-electron chi connectivity index (χ0n) is 34.7. The van der Waals surface area contributed by atoms with Gasteiger partial charge in [-0.15, -0.1) is 12.8 Å². The Morgan fingerprint density at radius 2 is 1.16 bits per heavy atom. The predicted octanol–water partition coefficient (Wildman–Crippen LogP) is 9.66. The maximum absolute atomic E-state index is 11.5. The third-order valence-corrected chi connectivity index (χ3v) is 11.4. The van der Waals surface area contributed by atoms with Crippen LogP contribution in [0, 0.1) is 30.6 Å². The van der Waals surface area contributed by atoms with Crippen LogP contribution in [0.25, 0.3) is 43.6 Å². The third kappa shape index (κ3) is 9.26. The number of rotatable bonds is 12. The molecule has 5 heterocycles. The van der Waals surface area contributed by atoms with E-state index in [1.165, 1.54) is 12.8 Å². The molecule has 8 aromatic rings. The van der Waals surface area contributed by atoms with Crippen molar-refractivity contribution >= 4 is 78.6 Å². The number of terminal acetylenes is 2. The second-order valence-electron chi connectivity index (χ2n) is 15.9. The number of carbonyl (C=O) groups is 2. The van der Waals surface area contributed by atoms with Crippen LogP contribution in [0.4, 0.5) is 23.0 Å². The van der Waals surface area contributed by atoms with Gasteiger partial charge >= 0.3 is 11.9 Å². The van der Waals surface area contributed by atoms with Crippen molar-refractivity contribution in [2.24, 2.45) is 5.92 Å². The fraction of sp³-hybridized carbons (Fsp3) is 0.216. The molecule has 0 radical (unpaired) electrons. The first-order valence-electron chi connectivity index (χ1n) is 21.2. The number of aromatic nitrogens is 6. The number of fused-ring (bicyclic) bond motifs is 6. The first-order valence-corrected chi connectivity index (χ1v) is 21.2. The summed E-state index contributed by atoms with van der Waals surface area (Å²) >= 11 is 0. The van der Waals surface area contributed by atoms with Crippen LogP contribution in [0.2, 0.25) is 0 Å². The Morgan fingerprint density at radius 3 is 1.61 bits per heavy atom. The summed E-state index contributed by atoms with van der Waals surface area (Å²) in [5, 5.41) is 28.7. The van der Waals surface area contributed by atoms with Gasteiger partial charge in [-0.1, -0.05) is 48.9 Å². The molecule has 2 aliphatic rings. The topological polar surface area (TPSA) is 185 Å². The van der Waals surface area contributed by atoms with Gasteiger partial charge in [-0.2, -0.15) is 0 Å². The Morgan fingerprint density at radius 1 is 0.641 bits per heavy atom. The minimum atomic E-state index is -1.00. The summed E-state index contributed by atoms with van der Waals surface area (Å²) in [7, 11) is 0. The molecule has 1 aliphatic heterocycles. The number of ether oxygens (including phenoxy) is 1. The van der Waals surface area contributed by atoms with Crippen molar-refractivity contribution in [3.8, 4) is 24.7 Å². The molecule has 10 rings (SSSR count). The summed E-state index contributed by atoms with van der Waals surface area (Å²) in [6, 6.07) is 24.8. The normalized spacial score (nSPS) is 14.4. The molecule has 316 valence electrons. The molecule has 64 heavy (non-hydrogen) atoms. The van der Waals surface area contributed by atoms with Gasteiger partial charge in [0.05, 0.1) is 28.3 Å². The number of carboxylic acid groups (broad SMARTS) is 2. The van der Waals surface area contributed by atoms with E-state index >= 15 is 0 Å². The first kappa shape index (κ1) is 41.4. The fourth-order valence-corrected chi connectivity index (χ4v) is 7.87. The highest BCUT2D eigenvalue weighted by atomic mass is 16.5. The van der Waals surface area contributed by atoms with Gasteiger partial charge in [-0.3, -0.25) is 0 Å². The monoisotopic (exact) mass is 846 g/mol. The quantitative estimate of drug-likeness (QED) is 0.0674. The van der Waals surface area contributed by atoms with Crippen molar-refractivity contribution < 1.29 is 24.5 Å². The van der Waals surface area contributed by atoms with E-state index in [1.807, 2.05) is 54.7 Å². The van der Waals surface area contributed by atoms with Crippen molar-refractivity contribution in [3.05, 3.63) is 131 Å². The highest BCUT2D eigenvalue weighted by molar-refractivity contribution is 6.11. The van der Waals surface area contributed by atoms with Crippen molar-refractivity contribution in [2.45, 2.75) is 57.5 Å². The van der Waals surface area contributed by atoms with Gasteiger partial charge in [0.1, 0.15) is 22.7 Å². The summed E-state index contributed by atoms with van der Waals surface area (Å²) in [6.45, 7) is 0.822. The largest absolute Gasteiger partial charge is 0.478 e. The van der Waals surface area contributed by atoms with Crippen LogP contribution in [0.15, 0.2) is 97.3 Å². The van der Waals surface area contributed by atoms with Crippen LogP contribution < -0.4 is 10.6 Å². The standard InChI is InChI=1S/C26H22N4O3.C25H20N4O2/c1-2-16-5-3-6-18(13-16)28-25-24-21(20-10-8-17(26(31)32)14-22(20)29-25)15-27-23(30-24)11-9-19-7-4-12-33-19;1-2-15-4-3-5-18(12-15)27-24-23-20(14-26-22(29-23)11-8-16-6-7-16)19-10-9-17(25(30)31)13-21(19)28-24/h1,3,5-6,8,10,13-15,19H,4,7,9,11-12H2,(H,28,29)(H,31,32);1,3-5,9-10,12-14,16H,6-8,11H2,(H,27,28)(H,30,31). The van der Waals surface area contributed by atoms with Gasteiger partial charge in [0.2, 0.25) is 0 Å². The number of aromatic carboxylic acids is 2. The van der Waals surface area contributed by atoms with Crippen molar-refractivity contribution in [3.63, 3.8) is 0 Å². The van der Waals surface area contributed by atoms with Gasteiger partial charge < -0.3 is 25.6 Å². The van der Waals surface area contributed by atoms with Crippen molar-refractivity contribution in [1.82, 2.24) is 29.9 Å². The van der Waals surface area contributed by atoms with E-state index in [0.29, 0.717) is 40.1 Å². The van der Waals surface area contributed by atoms with E-state index < -0.39 is 11.9 Å². The molecule has 0 amide bonds. The molecule has 1 saturated carbocycles. The molecule has 1 aliphatic carbocycles. The van der Waals surface area contributed by atoms with Crippen LogP contribution in [-0.4, -0.2) is 64.8 Å². The third-order valence-electron chi connectivity index (χ3n) is 11.4. The molecular weight excluding hydrogens is 805 g/mol. The Bertz CT molecular complexity index is 3200. The molecule has 4 aromatic heterocycles. The molecule has 1 unspecified atom stereocenters. The Hall–Kier alpha value is -8.00. The molecule has 2 fully saturated rings. The molecule has 0 spiro atoms. The minimum absolute atomic E-state index is 0.170. The number of anilines is 4. The second-order valence-corrected chi connectivity index (χ2v) is 15.9. The smallest absolute Gasteiger partial charge is 0.335 e. The molecule has 13 nitrogen and oxygen atoms in total. The summed E-state index contributed by atoms with van der Waals surface area (Å²) in [4.78, 5) is 51.2. The maximum Gasteiger partial charge on any atom is 0.335 e. The van der Waals surface area contributed by atoms with Crippen LogP contribution in [0.1, 0.15) is 82.0 Å². The molecule has 4 aromatic carbocycles. The zero-order valence-corrected chi connectivity index (χ0v) is 34.7. The van der Waals surface area contributed by atoms with E-state index in [2.05, 4.69) is 32.4 Å². The molecule has 4 N–H and O–H groups in total. The highest BCUT2D eigenvalue weighted by Gasteiger charge is 2.22. The van der Waals surface area contributed by atoms with Crippen molar-refractivity contribution in [2.75, 3.05) is 17.2 Å². The number of nitrogens with one attached hydrogen (secondary N) is 2. The summed E-state index contributed by atoms with van der Waals surface area (Å²) < 4.78 is 5.73. The Kier molecular flexibility index (Phi) is 11.7.